The van der Waals surface area contributed by atoms with Gasteiger partial charge in [-0.2, -0.15) is 0 Å². The molecule has 0 aromatic heterocycles. The van der Waals surface area contributed by atoms with Crippen LogP contribution in [0.25, 0.3) is 0 Å². The van der Waals surface area contributed by atoms with Crippen molar-refractivity contribution in [2.75, 3.05) is 19.8 Å². The number of benzene rings is 2. The van der Waals surface area contributed by atoms with Crippen LogP contribution >= 0.6 is 0 Å². The highest BCUT2D eigenvalue weighted by atomic mass is 16.5. The SMILES string of the molecule is Cc1ccc(C(N)C(=O)NCC2(c3ccccc3)CCOCC2)cc1. The van der Waals surface area contributed by atoms with Gasteiger partial charge in [0.05, 0.1) is 0 Å². The Balaban J connectivity index is 1.70. The highest BCUT2D eigenvalue weighted by molar-refractivity contribution is 5.83. The smallest absolute Gasteiger partial charge is 0.241 e. The van der Waals surface area contributed by atoms with Crippen molar-refractivity contribution in [3.05, 3.63) is 71.3 Å². The molecular formula is C21H26N2O2. The molecule has 1 saturated heterocycles. The normalized spacial score (nSPS) is 17.7. The van der Waals surface area contributed by atoms with Crippen molar-refractivity contribution in [3.8, 4) is 0 Å². The maximum atomic E-state index is 12.6. The molecule has 2 aromatic carbocycles. The molecular weight excluding hydrogens is 312 g/mol. The van der Waals surface area contributed by atoms with Gasteiger partial charge >= 0.3 is 0 Å². The van der Waals surface area contributed by atoms with Crippen molar-refractivity contribution in [3.63, 3.8) is 0 Å². The van der Waals surface area contributed by atoms with Crippen molar-refractivity contribution < 1.29 is 9.53 Å². The second-order valence-corrected chi connectivity index (χ2v) is 6.86. The Hall–Kier alpha value is -2.17. The molecule has 1 heterocycles. The molecule has 4 nitrogen and oxygen atoms in total. The molecule has 0 radical (unpaired) electrons. The fourth-order valence-corrected chi connectivity index (χ4v) is 3.41. The molecule has 4 heteroatoms. The van der Waals surface area contributed by atoms with E-state index in [4.69, 9.17) is 10.5 Å². The van der Waals surface area contributed by atoms with Crippen molar-refractivity contribution in [1.29, 1.82) is 0 Å². The minimum atomic E-state index is -0.645. The summed E-state index contributed by atoms with van der Waals surface area (Å²) in [6.45, 7) is 4.03. The lowest BCUT2D eigenvalue weighted by molar-refractivity contribution is -0.123. The third-order valence-electron chi connectivity index (χ3n) is 5.16. The van der Waals surface area contributed by atoms with Crippen molar-refractivity contribution in [2.45, 2.75) is 31.2 Å². The van der Waals surface area contributed by atoms with E-state index in [1.165, 1.54) is 5.56 Å². The standard InChI is InChI=1S/C21H26N2O2/c1-16-7-9-17(10-8-16)19(22)20(24)23-15-21(11-13-25-14-12-21)18-5-3-2-4-6-18/h2-10,19H,11-15,22H2,1H3,(H,23,24). The van der Waals surface area contributed by atoms with Gasteiger partial charge in [0.1, 0.15) is 6.04 Å². The van der Waals surface area contributed by atoms with Crippen LogP contribution in [0.3, 0.4) is 0 Å². The van der Waals surface area contributed by atoms with E-state index < -0.39 is 6.04 Å². The molecule has 1 amide bonds. The molecule has 3 N–H and O–H groups in total. The zero-order chi connectivity index (χ0) is 17.7. The summed E-state index contributed by atoms with van der Waals surface area (Å²) >= 11 is 0. The molecule has 1 aliphatic rings. The van der Waals surface area contributed by atoms with E-state index in [9.17, 15) is 4.79 Å². The minimum absolute atomic E-state index is 0.0812. The summed E-state index contributed by atoms with van der Waals surface area (Å²) in [7, 11) is 0. The zero-order valence-corrected chi connectivity index (χ0v) is 14.7. The summed E-state index contributed by atoms with van der Waals surface area (Å²) in [5.74, 6) is -0.134. The number of nitrogens with one attached hydrogen (secondary N) is 1. The van der Waals surface area contributed by atoms with Crippen LogP contribution < -0.4 is 11.1 Å². The molecule has 2 aromatic rings. The average Bonchev–Trinajstić information content (AvgIpc) is 2.67. The lowest BCUT2D eigenvalue weighted by Gasteiger charge is -2.38. The Morgan fingerprint density at radius 3 is 2.40 bits per heavy atom. The topological polar surface area (TPSA) is 64.4 Å². The lowest BCUT2D eigenvalue weighted by Crippen LogP contribution is -2.46. The first kappa shape index (κ1) is 17.6. The van der Waals surface area contributed by atoms with Crippen LogP contribution in [0.15, 0.2) is 54.6 Å². The van der Waals surface area contributed by atoms with E-state index in [2.05, 4.69) is 17.4 Å². The van der Waals surface area contributed by atoms with E-state index in [-0.39, 0.29) is 11.3 Å². The molecule has 0 bridgehead atoms. The van der Waals surface area contributed by atoms with Crippen molar-refractivity contribution >= 4 is 5.91 Å². The van der Waals surface area contributed by atoms with E-state index in [1.54, 1.807) is 0 Å². The van der Waals surface area contributed by atoms with Crippen LogP contribution in [0.4, 0.5) is 0 Å². The van der Waals surface area contributed by atoms with Crippen LogP contribution in [0.1, 0.15) is 35.6 Å². The van der Waals surface area contributed by atoms with Gasteiger partial charge in [-0.3, -0.25) is 4.79 Å². The number of hydrogen-bond donors (Lipinski definition) is 2. The maximum absolute atomic E-state index is 12.6. The molecule has 132 valence electrons. The predicted molar refractivity (Wildman–Crippen MR) is 99.3 cm³/mol. The summed E-state index contributed by atoms with van der Waals surface area (Å²) in [5.41, 5.74) is 9.31. The molecule has 0 spiro atoms. The third kappa shape index (κ3) is 4.09. The number of rotatable bonds is 5. The Bertz CT molecular complexity index is 692. The van der Waals surface area contributed by atoms with Gasteiger partial charge in [-0.05, 0) is 30.9 Å². The van der Waals surface area contributed by atoms with Crippen LogP contribution in [-0.4, -0.2) is 25.7 Å². The van der Waals surface area contributed by atoms with Gasteiger partial charge in [-0.25, -0.2) is 0 Å². The molecule has 1 fully saturated rings. The zero-order valence-electron chi connectivity index (χ0n) is 14.7. The number of hydrogen-bond acceptors (Lipinski definition) is 3. The van der Waals surface area contributed by atoms with Gasteiger partial charge in [0.25, 0.3) is 0 Å². The first-order valence-electron chi connectivity index (χ1n) is 8.84. The number of carbonyl (C=O) groups is 1. The van der Waals surface area contributed by atoms with Crippen LogP contribution in [-0.2, 0) is 14.9 Å². The van der Waals surface area contributed by atoms with Crippen molar-refractivity contribution in [1.82, 2.24) is 5.32 Å². The van der Waals surface area contributed by atoms with Crippen LogP contribution in [0.2, 0.25) is 0 Å². The Morgan fingerprint density at radius 2 is 1.76 bits per heavy atom. The first-order chi connectivity index (χ1) is 12.1. The number of nitrogens with two attached hydrogens (primary N) is 1. The minimum Gasteiger partial charge on any atom is -0.381 e. The summed E-state index contributed by atoms with van der Waals surface area (Å²) in [4.78, 5) is 12.6. The maximum Gasteiger partial charge on any atom is 0.241 e. The molecule has 1 aliphatic heterocycles. The molecule has 25 heavy (non-hydrogen) atoms. The van der Waals surface area contributed by atoms with Gasteiger partial charge in [-0.15, -0.1) is 0 Å². The van der Waals surface area contributed by atoms with Gasteiger partial charge in [0.2, 0.25) is 5.91 Å². The van der Waals surface area contributed by atoms with E-state index in [1.807, 2.05) is 49.4 Å². The number of ether oxygens (including phenoxy) is 1. The van der Waals surface area contributed by atoms with E-state index in [0.717, 1.165) is 37.2 Å². The molecule has 1 atom stereocenters. The van der Waals surface area contributed by atoms with E-state index in [0.29, 0.717) is 6.54 Å². The van der Waals surface area contributed by atoms with E-state index >= 15 is 0 Å². The van der Waals surface area contributed by atoms with Crippen molar-refractivity contribution in [2.24, 2.45) is 5.73 Å². The van der Waals surface area contributed by atoms with Gasteiger partial charge < -0.3 is 15.8 Å². The summed E-state index contributed by atoms with van der Waals surface area (Å²) in [6, 6.07) is 17.5. The second kappa shape index (κ2) is 7.81. The van der Waals surface area contributed by atoms with Crippen LogP contribution in [0, 0.1) is 6.92 Å². The van der Waals surface area contributed by atoms with Gasteiger partial charge in [-0.1, -0.05) is 60.2 Å². The molecule has 0 saturated carbocycles. The van der Waals surface area contributed by atoms with Gasteiger partial charge in [0.15, 0.2) is 0 Å². The average molecular weight is 338 g/mol. The fraction of sp³-hybridized carbons (Fsp3) is 0.381. The third-order valence-corrected chi connectivity index (χ3v) is 5.16. The van der Waals surface area contributed by atoms with Gasteiger partial charge in [0, 0.05) is 25.2 Å². The number of carbonyl (C=O) groups excluding carboxylic acids is 1. The predicted octanol–water partition coefficient (Wildman–Crippen LogP) is 2.86. The lowest BCUT2D eigenvalue weighted by atomic mass is 9.74. The monoisotopic (exact) mass is 338 g/mol. The highest BCUT2D eigenvalue weighted by Crippen LogP contribution is 2.34. The second-order valence-electron chi connectivity index (χ2n) is 6.86. The summed E-state index contributed by atoms with van der Waals surface area (Å²) < 4.78 is 5.54. The Morgan fingerprint density at radius 1 is 1.12 bits per heavy atom. The fourth-order valence-electron chi connectivity index (χ4n) is 3.41. The summed E-state index contributed by atoms with van der Waals surface area (Å²) in [5, 5.41) is 3.09. The highest BCUT2D eigenvalue weighted by Gasteiger charge is 2.35. The molecule has 1 unspecified atom stereocenters. The largest absolute Gasteiger partial charge is 0.381 e. The Labute approximate surface area is 149 Å². The Kier molecular flexibility index (Phi) is 5.51. The molecule has 3 rings (SSSR count). The van der Waals surface area contributed by atoms with Crippen LogP contribution in [0.5, 0.6) is 0 Å². The quantitative estimate of drug-likeness (QED) is 0.881. The molecule has 0 aliphatic carbocycles. The first-order valence-corrected chi connectivity index (χ1v) is 8.84. The number of aryl methyl sites for hydroxylation is 1. The summed E-state index contributed by atoms with van der Waals surface area (Å²) in [6.07, 6.45) is 1.80. The number of amides is 1.